The van der Waals surface area contributed by atoms with Crippen LogP contribution in [0.3, 0.4) is 0 Å². The number of amides is 1. The SMILES string of the molecule is COC(=O)c1c(OCCc2ccccc2F)cc(=O)n2c1CCN(C1CCN(C(C)=O)CC1)CC2. The summed E-state index contributed by atoms with van der Waals surface area (Å²) >= 11 is 0. The number of aromatic nitrogens is 1. The zero-order valence-corrected chi connectivity index (χ0v) is 20.3. The molecule has 1 fully saturated rings. The summed E-state index contributed by atoms with van der Waals surface area (Å²) in [6.45, 7) is 5.02. The van der Waals surface area contributed by atoms with Gasteiger partial charge in [0.1, 0.15) is 17.1 Å². The highest BCUT2D eigenvalue weighted by atomic mass is 19.1. The van der Waals surface area contributed by atoms with Gasteiger partial charge in [-0.25, -0.2) is 9.18 Å². The molecule has 0 spiro atoms. The van der Waals surface area contributed by atoms with Crippen LogP contribution in [0.4, 0.5) is 4.39 Å². The summed E-state index contributed by atoms with van der Waals surface area (Å²) in [5.74, 6) is -0.602. The molecule has 2 aromatic rings. The topological polar surface area (TPSA) is 81.1 Å². The van der Waals surface area contributed by atoms with Gasteiger partial charge in [0.15, 0.2) is 0 Å². The molecular weight excluding hydrogens is 453 g/mol. The number of carbonyl (C=O) groups excluding carboxylic acids is 2. The molecule has 0 saturated carbocycles. The zero-order valence-electron chi connectivity index (χ0n) is 20.3. The molecule has 1 amide bonds. The Morgan fingerprint density at radius 2 is 1.83 bits per heavy atom. The smallest absolute Gasteiger partial charge is 0.343 e. The lowest BCUT2D eigenvalue weighted by molar-refractivity contribution is -0.130. The Hall–Kier alpha value is -3.20. The Labute approximate surface area is 204 Å². The molecular formula is C26H32FN3O5. The monoisotopic (exact) mass is 485 g/mol. The number of ether oxygens (including phenoxy) is 2. The van der Waals surface area contributed by atoms with Crippen LogP contribution < -0.4 is 10.3 Å². The highest BCUT2D eigenvalue weighted by Crippen LogP contribution is 2.26. The highest BCUT2D eigenvalue weighted by Gasteiger charge is 2.30. The summed E-state index contributed by atoms with van der Waals surface area (Å²) in [6.07, 6.45) is 2.58. The van der Waals surface area contributed by atoms with Gasteiger partial charge in [-0.3, -0.25) is 14.5 Å². The quantitative estimate of drug-likeness (QED) is 0.584. The van der Waals surface area contributed by atoms with Gasteiger partial charge >= 0.3 is 5.97 Å². The average molecular weight is 486 g/mol. The van der Waals surface area contributed by atoms with Crippen LogP contribution in [0.5, 0.6) is 5.75 Å². The van der Waals surface area contributed by atoms with Crippen molar-refractivity contribution in [2.45, 2.75) is 45.2 Å². The van der Waals surface area contributed by atoms with Crippen molar-refractivity contribution in [3.05, 3.63) is 63.3 Å². The van der Waals surface area contributed by atoms with E-state index in [4.69, 9.17) is 9.47 Å². The van der Waals surface area contributed by atoms with E-state index >= 15 is 0 Å². The van der Waals surface area contributed by atoms with E-state index in [1.807, 2.05) is 4.90 Å². The summed E-state index contributed by atoms with van der Waals surface area (Å²) < 4.78 is 26.5. The van der Waals surface area contributed by atoms with Gasteiger partial charge in [0.2, 0.25) is 5.91 Å². The molecule has 0 N–H and O–H groups in total. The van der Waals surface area contributed by atoms with Gasteiger partial charge in [-0.05, 0) is 24.5 Å². The summed E-state index contributed by atoms with van der Waals surface area (Å²) in [7, 11) is 1.30. The second-order valence-corrected chi connectivity index (χ2v) is 9.02. The first-order valence-electron chi connectivity index (χ1n) is 12.1. The number of rotatable bonds is 6. The predicted octanol–water partition coefficient (Wildman–Crippen LogP) is 2.26. The van der Waals surface area contributed by atoms with Crippen molar-refractivity contribution in [3.63, 3.8) is 0 Å². The third kappa shape index (κ3) is 5.56. The molecule has 188 valence electrons. The van der Waals surface area contributed by atoms with Crippen LogP contribution >= 0.6 is 0 Å². The van der Waals surface area contributed by atoms with Crippen LogP contribution in [0, 0.1) is 5.82 Å². The Morgan fingerprint density at radius 3 is 2.51 bits per heavy atom. The fourth-order valence-electron chi connectivity index (χ4n) is 5.08. The summed E-state index contributed by atoms with van der Waals surface area (Å²) in [5, 5.41) is 0. The lowest BCUT2D eigenvalue weighted by Crippen LogP contribution is -2.47. The number of fused-ring (bicyclic) bond motifs is 1. The number of hydrogen-bond acceptors (Lipinski definition) is 6. The summed E-state index contributed by atoms with van der Waals surface area (Å²) in [6, 6.07) is 8.11. The molecule has 1 aromatic carbocycles. The number of hydrogen-bond donors (Lipinski definition) is 0. The first-order valence-corrected chi connectivity index (χ1v) is 12.1. The van der Waals surface area contributed by atoms with Crippen LogP contribution in [-0.2, 0) is 28.9 Å². The number of halogens is 1. The molecule has 4 rings (SSSR count). The summed E-state index contributed by atoms with van der Waals surface area (Å²) in [5.41, 5.74) is 1.13. The van der Waals surface area contributed by atoms with Crippen molar-refractivity contribution < 1.29 is 23.5 Å². The number of carbonyl (C=O) groups is 2. The fourth-order valence-corrected chi connectivity index (χ4v) is 5.08. The van der Waals surface area contributed by atoms with E-state index in [9.17, 15) is 18.8 Å². The molecule has 0 atom stereocenters. The maximum atomic E-state index is 14.0. The third-order valence-corrected chi connectivity index (χ3v) is 7.03. The lowest BCUT2D eigenvalue weighted by atomic mass is 10.0. The number of nitrogens with zero attached hydrogens (tertiary/aromatic N) is 3. The number of likely N-dealkylation sites (tertiary alicyclic amines) is 1. The van der Waals surface area contributed by atoms with Crippen LogP contribution in [-0.4, -0.2) is 72.2 Å². The van der Waals surface area contributed by atoms with Gasteiger partial charge in [-0.1, -0.05) is 18.2 Å². The second kappa shape index (κ2) is 11.0. The molecule has 8 nitrogen and oxygen atoms in total. The summed E-state index contributed by atoms with van der Waals surface area (Å²) in [4.78, 5) is 41.6. The van der Waals surface area contributed by atoms with Gasteiger partial charge in [0.25, 0.3) is 5.56 Å². The molecule has 0 bridgehead atoms. The molecule has 1 aromatic heterocycles. The standard InChI is InChI=1S/C26H32FN3O5/c1-18(31)28-11-7-20(8-12-28)29-13-9-22-25(26(33)34-2)23(17-24(32)30(22)15-14-29)35-16-10-19-5-3-4-6-21(19)27/h3-6,17,20H,7-16H2,1-2H3. The zero-order chi connectivity index (χ0) is 24.9. The molecule has 0 unspecified atom stereocenters. The van der Waals surface area contributed by atoms with E-state index in [-0.39, 0.29) is 35.2 Å². The van der Waals surface area contributed by atoms with Crippen molar-refractivity contribution in [1.82, 2.24) is 14.4 Å². The number of pyridine rings is 1. The van der Waals surface area contributed by atoms with Crippen molar-refractivity contribution >= 4 is 11.9 Å². The Morgan fingerprint density at radius 1 is 1.09 bits per heavy atom. The normalized spacial score (nSPS) is 16.9. The van der Waals surface area contributed by atoms with Crippen LogP contribution in [0.2, 0.25) is 0 Å². The molecule has 2 aliphatic heterocycles. The maximum Gasteiger partial charge on any atom is 0.343 e. The lowest BCUT2D eigenvalue weighted by Gasteiger charge is -2.37. The van der Waals surface area contributed by atoms with E-state index in [1.165, 1.54) is 19.2 Å². The predicted molar refractivity (Wildman–Crippen MR) is 128 cm³/mol. The maximum absolute atomic E-state index is 14.0. The minimum atomic E-state index is -0.558. The van der Waals surface area contributed by atoms with Gasteiger partial charge in [0, 0.05) is 70.3 Å². The number of methoxy groups -OCH3 is 1. The minimum Gasteiger partial charge on any atom is -0.492 e. The van der Waals surface area contributed by atoms with Gasteiger partial charge < -0.3 is 18.9 Å². The van der Waals surface area contributed by atoms with Crippen LogP contribution in [0.1, 0.15) is 41.4 Å². The van der Waals surface area contributed by atoms with Gasteiger partial charge in [-0.2, -0.15) is 0 Å². The fraction of sp³-hybridized carbons (Fsp3) is 0.500. The molecule has 3 heterocycles. The minimum absolute atomic E-state index is 0.100. The first-order chi connectivity index (χ1) is 16.9. The average Bonchev–Trinajstić information content (AvgIpc) is 3.08. The van der Waals surface area contributed by atoms with Gasteiger partial charge in [0.05, 0.1) is 13.7 Å². The van der Waals surface area contributed by atoms with E-state index < -0.39 is 5.97 Å². The number of esters is 1. The van der Waals surface area contributed by atoms with Crippen molar-refractivity contribution in [1.29, 1.82) is 0 Å². The van der Waals surface area contributed by atoms with Crippen LogP contribution in [0.25, 0.3) is 0 Å². The van der Waals surface area contributed by atoms with E-state index in [0.29, 0.717) is 49.8 Å². The Balaban J connectivity index is 1.52. The largest absolute Gasteiger partial charge is 0.492 e. The Kier molecular flexibility index (Phi) is 7.85. The molecule has 9 heteroatoms. The second-order valence-electron chi connectivity index (χ2n) is 9.02. The van der Waals surface area contributed by atoms with E-state index in [0.717, 1.165) is 25.9 Å². The Bertz CT molecular complexity index is 1140. The molecule has 2 aliphatic rings. The van der Waals surface area contributed by atoms with Crippen molar-refractivity contribution in [2.24, 2.45) is 0 Å². The molecule has 0 radical (unpaired) electrons. The van der Waals surface area contributed by atoms with Crippen molar-refractivity contribution in [3.8, 4) is 5.75 Å². The van der Waals surface area contributed by atoms with E-state index in [2.05, 4.69) is 4.90 Å². The molecule has 1 saturated heterocycles. The number of piperidine rings is 1. The first kappa shape index (κ1) is 24.9. The van der Waals surface area contributed by atoms with Crippen LogP contribution in [0.15, 0.2) is 35.1 Å². The van der Waals surface area contributed by atoms with E-state index in [1.54, 1.807) is 29.7 Å². The number of benzene rings is 1. The third-order valence-electron chi connectivity index (χ3n) is 7.03. The molecule has 35 heavy (non-hydrogen) atoms. The van der Waals surface area contributed by atoms with Crippen molar-refractivity contribution in [2.75, 3.05) is 39.9 Å². The van der Waals surface area contributed by atoms with Gasteiger partial charge in [-0.15, -0.1) is 0 Å². The molecule has 0 aliphatic carbocycles. The highest BCUT2D eigenvalue weighted by molar-refractivity contribution is 5.93.